The van der Waals surface area contributed by atoms with E-state index in [0.717, 1.165) is 56.1 Å². The van der Waals surface area contributed by atoms with E-state index in [1.54, 1.807) is 0 Å². The smallest absolute Gasteiger partial charge is 0.193 e. The average molecular weight is 392 g/mol. The summed E-state index contributed by atoms with van der Waals surface area (Å²) in [5.41, 5.74) is 1.22. The van der Waals surface area contributed by atoms with Crippen LogP contribution in [-0.4, -0.2) is 64.5 Å². The van der Waals surface area contributed by atoms with Crippen LogP contribution in [-0.2, 0) is 11.2 Å². The first kappa shape index (κ1) is 22.3. The van der Waals surface area contributed by atoms with E-state index in [-0.39, 0.29) is 0 Å². The van der Waals surface area contributed by atoms with E-state index in [1.165, 1.54) is 24.8 Å². The fourth-order valence-corrected chi connectivity index (χ4v) is 3.47. The van der Waals surface area contributed by atoms with Crippen molar-refractivity contribution in [3.05, 3.63) is 23.8 Å². The van der Waals surface area contributed by atoms with Crippen LogP contribution in [0.3, 0.4) is 0 Å². The molecule has 1 aliphatic heterocycles. The Morgan fingerprint density at radius 3 is 2.57 bits per heavy atom. The van der Waals surface area contributed by atoms with Crippen molar-refractivity contribution in [2.45, 2.75) is 39.5 Å². The Hall–Kier alpha value is -1.95. The maximum Gasteiger partial charge on any atom is 0.193 e. The molecule has 0 unspecified atom stereocenters. The molecule has 1 saturated heterocycles. The zero-order valence-corrected chi connectivity index (χ0v) is 18.0. The number of nitrogens with zero attached hydrogens (tertiary/aromatic N) is 2. The molecule has 6 heteroatoms. The van der Waals surface area contributed by atoms with Gasteiger partial charge in [-0.15, -0.1) is 0 Å². The lowest BCUT2D eigenvalue weighted by Crippen LogP contribution is -2.40. The van der Waals surface area contributed by atoms with E-state index in [2.05, 4.69) is 34.4 Å². The third-order valence-corrected chi connectivity index (χ3v) is 5.09. The van der Waals surface area contributed by atoms with E-state index in [0.29, 0.717) is 13.2 Å². The monoisotopic (exact) mass is 391 g/mol. The normalized spacial score (nSPS) is 15.4. The molecule has 1 aromatic carbocycles. The Bertz CT molecular complexity index is 601. The van der Waals surface area contributed by atoms with Gasteiger partial charge >= 0.3 is 0 Å². The van der Waals surface area contributed by atoms with Crippen LogP contribution in [0.2, 0.25) is 0 Å². The van der Waals surface area contributed by atoms with Crippen LogP contribution in [0.1, 0.15) is 38.7 Å². The van der Waals surface area contributed by atoms with E-state index in [9.17, 15) is 0 Å². The molecule has 1 N–H and O–H groups in total. The Balaban J connectivity index is 1.80. The number of hydrogen-bond acceptors (Lipinski definition) is 4. The maximum absolute atomic E-state index is 5.72. The Kier molecular flexibility index (Phi) is 9.97. The summed E-state index contributed by atoms with van der Waals surface area (Å²) < 4.78 is 16.8. The van der Waals surface area contributed by atoms with Crippen molar-refractivity contribution in [1.82, 2.24) is 10.2 Å². The molecule has 1 fully saturated rings. The van der Waals surface area contributed by atoms with Gasteiger partial charge in [0.05, 0.1) is 13.2 Å². The first-order chi connectivity index (χ1) is 13.7. The van der Waals surface area contributed by atoms with Crippen molar-refractivity contribution in [3.63, 3.8) is 0 Å². The minimum Gasteiger partial charge on any atom is -0.490 e. The Morgan fingerprint density at radius 1 is 1.18 bits per heavy atom. The molecule has 1 aliphatic rings. The van der Waals surface area contributed by atoms with Crippen molar-refractivity contribution < 1.29 is 14.2 Å². The molecule has 2 rings (SSSR count). The van der Waals surface area contributed by atoms with Crippen LogP contribution >= 0.6 is 0 Å². The van der Waals surface area contributed by atoms with E-state index < -0.39 is 0 Å². The van der Waals surface area contributed by atoms with Crippen LogP contribution in [0.15, 0.2) is 23.2 Å². The molecule has 158 valence electrons. The molecule has 0 atom stereocenters. The number of benzene rings is 1. The van der Waals surface area contributed by atoms with Gasteiger partial charge in [-0.3, -0.25) is 4.99 Å². The summed E-state index contributed by atoms with van der Waals surface area (Å²) in [4.78, 5) is 6.65. The van der Waals surface area contributed by atoms with Crippen molar-refractivity contribution in [2.24, 2.45) is 10.9 Å². The number of rotatable bonds is 10. The van der Waals surface area contributed by atoms with Gasteiger partial charge in [0.2, 0.25) is 0 Å². The molecule has 1 heterocycles. The predicted octanol–water partition coefficient (Wildman–Crippen LogP) is 3.35. The summed E-state index contributed by atoms with van der Waals surface area (Å²) in [5.74, 6) is 3.35. The lowest BCUT2D eigenvalue weighted by molar-refractivity contribution is 0.0625. The number of guanidine groups is 1. The van der Waals surface area contributed by atoms with Crippen LogP contribution < -0.4 is 14.8 Å². The minimum atomic E-state index is 0.631. The molecule has 0 saturated carbocycles. The summed E-state index contributed by atoms with van der Waals surface area (Å²) in [7, 11) is 3.95. The topological polar surface area (TPSA) is 55.3 Å². The molecule has 0 radical (unpaired) electrons. The molecule has 0 spiro atoms. The number of hydrogen-bond donors (Lipinski definition) is 1. The summed E-state index contributed by atoms with van der Waals surface area (Å²) in [6, 6.07) is 6.18. The second-order valence-corrected chi connectivity index (χ2v) is 7.14. The van der Waals surface area contributed by atoms with Gasteiger partial charge in [0.25, 0.3) is 0 Å². The molecule has 0 amide bonds. The number of aliphatic imine (C=N–C) groups is 1. The summed E-state index contributed by atoms with van der Waals surface area (Å²) in [6.45, 7) is 8.90. The van der Waals surface area contributed by atoms with Crippen molar-refractivity contribution in [1.29, 1.82) is 0 Å². The molecule has 6 nitrogen and oxygen atoms in total. The Labute approximate surface area is 170 Å². The molecule has 0 aromatic heterocycles. The van der Waals surface area contributed by atoms with E-state index in [4.69, 9.17) is 14.2 Å². The standard InChI is InChI=1S/C22H37N3O3/c1-5-27-20-8-7-19(17-21(20)28-6-2)9-13-24-22(23-3)25(4)14-10-18-11-15-26-16-12-18/h7-8,17-18H,5-6,9-16H2,1-4H3,(H,23,24). The molecule has 0 aliphatic carbocycles. The lowest BCUT2D eigenvalue weighted by Gasteiger charge is -2.26. The lowest BCUT2D eigenvalue weighted by atomic mass is 9.96. The third-order valence-electron chi connectivity index (χ3n) is 5.09. The van der Waals surface area contributed by atoms with Crippen molar-refractivity contribution in [2.75, 3.05) is 53.6 Å². The van der Waals surface area contributed by atoms with Crippen LogP contribution in [0, 0.1) is 5.92 Å². The highest BCUT2D eigenvalue weighted by atomic mass is 16.5. The quantitative estimate of drug-likeness (QED) is 0.490. The van der Waals surface area contributed by atoms with Gasteiger partial charge in [0, 0.05) is 40.4 Å². The summed E-state index contributed by atoms with van der Waals surface area (Å²) >= 11 is 0. The fourth-order valence-electron chi connectivity index (χ4n) is 3.47. The molecule has 0 bridgehead atoms. The highest BCUT2D eigenvalue weighted by Crippen LogP contribution is 2.28. The third kappa shape index (κ3) is 7.23. The second kappa shape index (κ2) is 12.5. The van der Waals surface area contributed by atoms with Gasteiger partial charge < -0.3 is 24.4 Å². The van der Waals surface area contributed by atoms with Crippen LogP contribution in [0.4, 0.5) is 0 Å². The highest BCUT2D eigenvalue weighted by molar-refractivity contribution is 5.79. The predicted molar refractivity (Wildman–Crippen MR) is 115 cm³/mol. The molecular weight excluding hydrogens is 354 g/mol. The second-order valence-electron chi connectivity index (χ2n) is 7.14. The van der Waals surface area contributed by atoms with Gasteiger partial charge in [0.1, 0.15) is 0 Å². The average Bonchev–Trinajstić information content (AvgIpc) is 2.72. The Morgan fingerprint density at radius 2 is 1.89 bits per heavy atom. The zero-order chi connectivity index (χ0) is 20.2. The van der Waals surface area contributed by atoms with Crippen LogP contribution in [0.25, 0.3) is 0 Å². The fraction of sp³-hybridized carbons (Fsp3) is 0.682. The van der Waals surface area contributed by atoms with E-state index >= 15 is 0 Å². The first-order valence-electron chi connectivity index (χ1n) is 10.6. The summed E-state index contributed by atoms with van der Waals surface area (Å²) in [5, 5.41) is 3.48. The SMILES string of the molecule is CCOc1ccc(CCNC(=NC)N(C)CCC2CCOCC2)cc1OCC. The minimum absolute atomic E-state index is 0.631. The zero-order valence-electron chi connectivity index (χ0n) is 18.0. The van der Waals surface area contributed by atoms with Gasteiger partial charge in [-0.1, -0.05) is 6.07 Å². The maximum atomic E-state index is 5.72. The number of nitrogens with one attached hydrogen (secondary N) is 1. The van der Waals surface area contributed by atoms with Gasteiger partial charge in [-0.05, 0) is 63.1 Å². The first-order valence-corrected chi connectivity index (χ1v) is 10.6. The molecule has 1 aromatic rings. The van der Waals surface area contributed by atoms with Crippen molar-refractivity contribution >= 4 is 5.96 Å². The summed E-state index contributed by atoms with van der Waals surface area (Å²) in [6.07, 6.45) is 4.45. The highest BCUT2D eigenvalue weighted by Gasteiger charge is 2.15. The van der Waals surface area contributed by atoms with Gasteiger partial charge in [0.15, 0.2) is 17.5 Å². The van der Waals surface area contributed by atoms with Crippen molar-refractivity contribution in [3.8, 4) is 11.5 Å². The number of ether oxygens (including phenoxy) is 3. The molecule has 28 heavy (non-hydrogen) atoms. The van der Waals surface area contributed by atoms with Gasteiger partial charge in [-0.25, -0.2) is 0 Å². The van der Waals surface area contributed by atoms with Gasteiger partial charge in [-0.2, -0.15) is 0 Å². The largest absolute Gasteiger partial charge is 0.490 e. The van der Waals surface area contributed by atoms with E-state index in [1.807, 2.05) is 27.0 Å². The van der Waals surface area contributed by atoms with Crippen LogP contribution in [0.5, 0.6) is 11.5 Å². The molecular formula is C22H37N3O3.